The molecule has 0 bridgehead atoms. The third-order valence-corrected chi connectivity index (χ3v) is 7.37. The Kier molecular flexibility index (Phi) is 6.77. The van der Waals surface area contributed by atoms with Crippen LogP contribution in [0.15, 0.2) is 94.9 Å². The van der Waals surface area contributed by atoms with E-state index < -0.39 is 6.04 Å². The number of nitrogens with zero attached hydrogens (tertiary/aromatic N) is 3. The summed E-state index contributed by atoms with van der Waals surface area (Å²) in [7, 11) is 0. The number of carbonyl (C=O) groups excluding carboxylic acids is 2. The largest absolute Gasteiger partial charge is 0.355 e. The van der Waals surface area contributed by atoms with Gasteiger partial charge in [0, 0.05) is 12.1 Å². The first-order valence-electron chi connectivity index (χ1n) is 11.8. The van der Waals surface area contributed by atoms with Crippen LogP contribution in [0.5, 0.6) is 0 Å². The molecule has 1 N–H and O–H groups in total. The summed E-state index contributed by atoms with van der Waals surface area (Å²) in [6.45, 7) is 2.53. The topological polar surface area (TPSA) is 74.1 Å². The van der Waals surface area contributed by atoms with Crippen molar-refractivity contribution in [2.75, 3.05) is 6.54 Å². The fourth-order valence-electron chi connectivity index (χ4n) is 4.22. The summed E-state index contributed by atoms with van der Waals surface area (Å²) in [6.07, 6.45) is 1.38. The van der Waals surface area contributed by atoms with Gasteiger partial charge in [0.15, 0.2) is 11.2 Å². The number of benzene rings is 3. The molecular formula is C28H26N4O2S. The highest BCUT2D eigenvalue weighted by Gasteiger charge is 2.43. The molecule has 2 atom stereocenters. The lowest BCUT2D eigenvalue weighted by Gasteiger charge is -2.27. The van der Waals surface area contributed by atoms with E-state index >= 15 is 0 Å². The smallest absolute Gasteiger partial charge is 0.263 e. The van der Waals surface area contributed by atoms with Gasteiger partial charge in [-0.2, -0.15) is 0 Å². The molecule has 2 aliphatic rings. The van der Waals surface area contributed by atoms with Crippen LogP contribution in [0.25, 0.3) is 0 Å². The van der Waals surface area contributed by atoms with Crippen molar-refractivity contribution in [1.82, 2.24) is 10.2 Å². The maximum Gasteiger partial charge on any atom is 0.263 e. The van der Waals surface area contributed by atoms with Crippen molar-refractivity contribution in [2.45, 2.75) is 31.1 Å². The third kappa shape index (κ3) is 4.77. The van der Waals surface area contributed by atoms with Gasteiger partial charge in [-0.05, 0) is 36.1 Å². The zero-order chi connectivity index (χ0) is 24.2. The molecule has 5 rings (SSSR count). The first kappa shape index (κ1) is 23.1. The molecule has 2 amide bonds. The van der Waals surface area contributed by atoms with Crippen LogP contribution in [-0.4, -0.2) is 39.5 Å². The number of rotatable bonds is 7. The summed E-state index contributed by atoms with van der Waals surface area (Å²) in [5, 5.41) is 3.17. The second kappa shape index (κ2) is 10.3. The number of amides is 2. The summed E-state index contributed by atoms with van der Waals surface area (Å²) < 4.78 is 0. The lowest BCUT2D eigenvalue weighted by molar-refractivity contribution is -0.125. The average molecular weight is 483 g/mol. The number of fused-ring (bicyclic) bond motifs is 3. The van der Waals surface area contributed by atoms with Gasteiger partial charge in [0.05, 0.1) is 10.9 Å². The highest BCUT2D eigenvalue weighted by atomic mass is 32.2. The molecule has 0 spiro atoms. The number of thioether (sulfide) groups is 1. The van der Waals surface area contributed by atoms with Crippen LogP contribution in [-0.2, 0) is 16.0 Å². The van der Waals surface area contributed by atoms with Crippen LogP contribution >= 0.6 is 11.8 Å². The van der Waals surface area contributed by atoms with Crippen molar-refractivity contribution >= 4 is 40.3 Å². The molecule has 2 heterocycles. The molecule has 0 radical (unpaired) electrons. The molecule has 6 nitrogen and oxygen atoms in total. The van der Waals surface area contributed by atoms with Crippen molar-refractivity contribution in [3.8, 4) is 0 Å². The Morgan fingerprint density at radius 2 is 1.69 bits per heavy atom. The molecule has 176 valence electrons. The maximum atomic E-state index is 13.5. The minimum Gasteiger partial charge on any atom is -0.355 e. The fourth-order valence-corrected chi connectivity index (χ4v) is 5.26. The number of hydrogen-bond donors (Lipinski definition) is 1. The first-order chi connectivity index (χ1) is 17.2. The fraction of sp³-hybridized carbons (Fsp3) is 0.214. The van der Waals surface area contributed by atoms with E-state index in [9.17, 15) is 9.59 Å². The van der Waals surface area contributed by atoms with Crippen LogP contribution in [0.2, 0.25) is 0 Å². The van der Waals surface area contributed by atoms with Crippen LogP contribution in [0.3, 0.4) is 0 Å². The molecule has 0 aliphatic carbocycles. The van der Waals surface area contributed by atoms with Gasteiger partial charge >= 0.3 is 0 Å². The Hall–Kier alpha value is -3.71. The van der Waals surface area contributed by atoms with Crippen LogP contribution < -0.4 is 5.32 Å². The van der Waals surface area contributed by atoms with Gasteiger partial charge in [-0.25, -0.2) is 14.9 Å². The Labute approximate surface area is 209 Å². The summed E-state index contributed by atoms with van der Waals surface area (Å²) >= 11 is 1.32. The number of aliphatic imine (C=N–C) groups is 2. The molecule has 0 aromatic heterocycles. The predicted molar refractivity (Wildman–Crippen MR) is 141 cm³/mol. The Bertz CT molecular complexity index is 1290. The van der Waals surface area contributed by atoms with E-state index in [1.165, 1.54) is 17.3 Å². The standard InChI is InChI=1S/C28H26N4O2S/c1-2-23(26(33)29-18-17-19-11-5-3-6-12-19)35-28-30-22-16-10-9-15-21(22)25-31-24(27(34)32(25)28)20-13-7-4-8-14-20/h3-16,23-24H,2,17-18H2,1H3,(H,29,33)/t23-,24+/m0/s1. The molecule has 0 saturated heterocycles. The summed E-state index contributed by atoms with van der Waals surface area (Å²) in [4.78, 5) is 37.8. The SMILES string of the molecule is CC[C@H](SC1=Nc2ccccc2C2=N[C@H](c3ccccc3)C(=O)N12)C(=O)NCCc1ccccc1. The van der Waals surface area contributed by atoms with E-state index in [0.29, 0.717) is 24.0 Å². The van der Waals surface area contributed by atoms with Crippen molar-refractivity contribution in [2.24, 2.45) is 9.98 Å². The lowest BCUT2D eigenvalue weighted by atomic mass is 10.1. The highest BCUT2D eigenvalue weighted by Crippen LogP contribution is 2.38. The molecule has 35 heavy (non-hydrogen) atoms. The Balaban J connectivity index is 1.37. The molecule has 2 aliphatic heterocycles. The molecule has 3 aromatic rings. The first-order valence-corrected chi connectivity index (χ1v) is 12.7. The third-order valence-electron chi connectivity index (χ3n) is 6.05. The monoisotopic (exact) mass is 482 g/mol. The highest BCUT2D eigenvalue weighted by molar-refractivity contribution is 8.15. The van der Waals surface area contributed by atoms with Gasteiger partial charge in [0.25, 0.3) is 5.91 Å². The quantitative estimate of drug-likeness (QED) is 0.521. The van der Waals surface area contributed by atoms with Gasteiger partial charge < -0.3 is 5.32 Å². The molecular weight excluding hydrogens is 456 g/mol. The summed E-state index contributed by atoms with van der Waals surface area (Å²) in [6, 6.07) is 26.7. The number of carbonyl (C=O) groups is 2. The van der Waals surface area contributed by atoms with E-state index in [1.54, 1.807) is 4.90 Å². The molecule has 0 saturated carbocycles. The van der Waals surface area contributed by atoms with Gasteiger partial charge in [0.1, 0.15) is 5.84 Å². The number of hydrogen-bond acceptors (Lipinski definition) is 5. The van der Waals surface area contributed by atoms with Crippen molar-refractivity contribution < 1.29 is 9.59 Å². The lowest BCUT2D eigenvalue weighted by Crippen LogP contribution is -2.42. The number of amidine groups is 2. The Morgan fingerprint density at radius 3 is 2.43 bits per heavy atom. The summed E-state index contributed by atoms with van der Waals surface area (Å²) in [5.41, 5.74) is 3.60. The van der Waals surface area contributed by atoms with E-state index in [-0.39, 0.29) is 17.1 Å². The van der Waals surface area contributed by atoms with Crippen molar-refractivity contribution in [3.63, 3.8) is 0 Å². The molecule has 0 fully saturated rings. The van der Waals surface area contributed by atoms with E-state index in [4.69, 9.17) is 9.98 Å². The van der Waals surface area contributed by atoms with Gasteiger partial charge in [-0.15, -0.1) is 0 Å². The summed E-state index contributed by atoms with van der Waals surface area (Å²) in [5.74, 6) is 0.391. The molecule has 7 heteroatoms. The van der Waals surface area contributed by atoms with Crippen molar-refractivity contribution in [3.05, 3.63) is 102 Å². The van der Waals surface area contributed by atoms with Gasteiger partial charge in [0.2, 0.25) is 5.91 Å². The number of para-hydroxylation sites is 1. The van der Waals surface area contributed by atoms with Crippen molar-refractivity contribution in [1.29, 1.82) is 0 Å². The van der Waals surface area contributed by atoms with Crippen LogP contribution in [0.1, 0.15) is 36.1 Å². The van der Waals surface area contributed by atoms with Crippen LogP contribution in [0.4, 0.5) is 5.69 Å². The van der Waals surface area contributed by atoms with E-state index in [0.717, 1.165) is 23.2 Å². The maximum absolute atomic E-state index is 13.5. The second-order valence-corrected chi connectivity index (χ2v) is 9.56. The zero-order valence-electron chi connectivity index (χ0n) is 19.4. The normalized spacial score (nSPS) is 17.2. The number of nitrogens with one attached hydrogen (secondary N) is 1. The predicted octanol–water partition coefficient (Wildman–Crippen LogP) is 4.89. The van der Waals surface area contributed by atoms with Gasteiger partial charge in [-0.3, -0.25) is 9.59 Å². The van der Waals surface area contributed by atoms with E-state index in [1.807, 2.05) is 79.7 Å². The minimum atomic E-state index is -0.622. The van der Waals surface area contributed by atoms with Gasteiger partial charge in [-0.1, -0.05) is 91.5 Å². The average Bonchev–Trinajstić information content (AvgIpc) is 3.26. The van der Waals surface area contributed by atoms with E-state index in [2.05, 4.69) is 17.4 Å². The second-order valence-electron chi connectivity index (χ2n) is 8.39. The molecule has 0 unspecified atom stereocenters. The minimum absolute atomic E-state index is 0.0558. The van der Waals surface area contributed by atoms with Crippen LogP contribution in [0, 0.1) is 0 Å². The molecule has 3 aromatic carbocycles. The Morgan fingerprint density at radius 1 is 1.00 bits per heavy atom. The zero-order valence-corrected chi connectivity index (χ0v) is 20.2.